The summed E-state index contributed by atoms with van der Waals surface area (Å²) in [6, 6.07) is 3.25. The molecule has 100 valence electrons. The van der Waals surface area contributed by atoms with E-state index in [1.54, 1.807) is 13.0 Å². The minimum absolute atomic E-state index is 0.0115. The van der Waals surface area contributed by atoms with Gasteiger partial charge < -0.3 is 9.15 Å². The Morgan fingerprint density at radius 1 is 1.53 bits per heavy atom. The maximum atomic E-state index is 14.0. The Bertz CT molecular complexity index is 658. The summed E-state index contributed by atoms with van der Waals surface area (Å²) in [5.74, 6) is -0.894. The Hall–Kier alpha value is -1.55. The van der Waals surface area contributed by atoms with E-state index in [1.807, 2.05) is 0 Å². The van der Waals surface area contributed by atoms with Crippen LogP contribution in [0.4, 0.5) is 4.39 Å². The van der Waals surface area contributed by atoms with E-state index in [0.717, 1.165) is 18.4 Å². The van der Waals surface area contributed by atoms with E-state index in [9.17, 15) is 9.18 Å². The molecule has 0 atom stereocenters. The lowest BCUT2D eigenvalue weighted by Crippen LogP contribution is -2.03. The molecule has 1 saturated carbocycles. The van der Waals surface area contributed by atoms with Crippen LogP contribution in [0.1, 0.15) is 41.8 Å². The second kappa shape index (κ2) is 4.53. The van der Waals surface area contributed by atoms with E-state index < -0.39 is 11.8 Å². The number of carbonyl (C=O) groups is 1. The molecule has 1 aliphatic carbocycles. The van der Waals surface area contributed by atoms with Crippen molar-refractivity contribution in [1.29, 1.82) is 0 Å². The van der Waals surface area contributed by atoms with Crippen molar-refractivity contribution in [2.45, 2.75) is 25.7 Å². The van der Waals surface area contributed by atoms with Gasteiger partial charge in [-0.1, -0.05) is 11.6 Å². The molecule has 0 N–H and O–H groups in total. The van der Waals surface area contributed by atoms with Crippen LogP contribution in [0.5, 0.6) is 0 Å². The molecule has 1 aromatic heterocycles. The van der Waals surface area contributed by atoms with Gasteiger partial charge in [0, 0.05) is 5.39 Å². The number of fused-ring (bicyclic) bond motifs is 1. The molecule has 2 aromatic rings. The zero-order valence-corrected chi connectivity index (χ0v) is 11.1. The van der Waals surface area contributed by atoms with Gasteiger partial charge in [0.05, 0.1) is 6.61 Å². The molecule has 5 heteroatoms. The largest absolute Gasteiger partial charge is 0.460 e. The molecular formula is C14H12ClFO3. The molecule has 0 amide bonds. The van der Waals surface area contributed by atoms with Gasteiger partial charge >= 0.3 is 5.97 Å². The van der Waals surface area contributed by atoms with Crippen LogP contribution in [-0.4, -0.2) is 12.6 Å². The normalized spacial score (nSPS) is 14.9. The van der Waals surface area contributed by atoms with Gasteiger partial charge in [0.2, 0.25) is 5.76 Å². The van der Waals surface area contributed by atoms with E-state index >= 15 is 0 Å². The van der Waals surface area contributed by atoms with Gasteiger partial charge in [-0.05, 0) is 43.4 Å². The Morgan fingerprint density at radius 2 is 2.26 bits per heavy atom. The minimum Gasteiger partial charge on any atom is -0.460 e. The van der Waals surface area contributed by atoms with Crippen LogP contribution in [0.25, 0.3) is 11.0 Å². The molecule has 0 radical (unpaired) electrons. The number of hydrogen-bond donors (Lipinski definition) is 0. The van der Waals surface area contributed by atoms with Crippen LogP contribution in [0.2, 0.25) is 5.02 Å². The van der Waals surface area contributed by atoms with Gasteiger partial charge in [0.15, 0.2) is 11.4 Å². The highest BCUT2D eigenvalue weighted by Gasteiger charge is 2.28. The molecule has 0 aliphatic heterocycles. The SMILES string of the molecule is CCOC(=O)c1oc2c(F)cc(C3CC3)cc2c1Cl. The maximum absolute atomic E-state index is 14.0. The second-order valence-electron chi connectivity index (χ2n) is 4.62. The van der Waals surface area contributed by atoms with Crippen molar-refractivity contribution >= 4 is 28.5 Å². The third-order valence-electron chi connectivity index (χ3n) is 3.22. The summed E-state index contributed by atoms with van der Waals surface area (Å²) in [4.78, 5) is 11.7. The molecule has 3 rings (SSSR count). The maximum Gasteiger partial charge on any atom is 0.375 e. The number of rotatable bonds is 3. The van der Waals surface area contributed by atoms with Crippen molar-refractivity contribution in [3.63, 3.8) is 0 Å². The Balaban J connectivity index is 2.14. The first-order chi connectivity index (χ1) is 9.11. The van der Waals surface area contributed by atoms with Crippen molar-refractivity contribution in [2.75, 3.05) is 6.61 Å². The fraction of sp³-hybridized carbons (Fsp3) is 0.357. The average Bonchev–Trinajstić information content (AvgIpc) is 3.16. The van der Waals surface area contributed by atoms with E-state index in [0.29, 0.717) is 11.3 Å². The fourth-order valence-electron chi connectivity index (χ4n) is 2.13. The zero-order valence-electron chi connectivity index (χ0n) is 10.3. The summed E-state index contributed by atoms with van der Waals surface area (Å²) in [6.45, 7) is 1.89. The summed E-state index contributed by atoms with van der Waals surface area (Å²) in [5, 5.41) is 0.557. The average molecular weight is 283 g/mol. The number of furan rings is 1. The Labute approximate surface area is 114 Å². The van der Waals surface area contributed by atoms with Crippen molar-refractivity contribution in [3.05, 3.63) is 34.3 Å². The quantitative estimate of drug-likeness (QED) is 0.789. The topological polar surface area (TPSA) is 39.4 Å². The molecule has 1 heterocycles. The predicted octanol–water partition coefficient (Wildman–Crippen LogP) is 4.28. The highest BCUT2D eigenvalue weighted by atomic mass is 35.5. The van der Waals surface area contributed by atoms with Crippen LogP contribution in [0, 0.1) is 5.82 Å². The number of carbonyl (C=O) groups excluding carboxylic acids is 1. The molecule has 0 spiro atoms. The van der Waals surface area contributed by atoms with Crippen molar-refractivity contribution in [3.8, 4) is 0 Å². The lowest BCUT2D eigenvalue weighted by molar-refractivity contribution is 0.0493. The third kappa shape index (κ3) is 2.10. The molecule has 19 heavy (non-hydrogen) atoms. The molecule has 1 fully saturated rings. The first kappa shape index (κ1) is 12.5. The number of benzene rings is 1. The molecule has 1 aromatic carbocycles. The van der Waals surface area contributed by atoms with Crippen molar-refractivity contribution in [2.24, 2.45) is 0 Å². The lowest BCUT2D eigenvalue weighted by atomic mass is 10.1. The Kier molecular flexibility index (Phi) is 2.97. The van der Waals surface area contributed by atoms with Gasteiger partial charge in [-0.25, -0.2) is 9.18 Å². The van der Waals surface area contributed by atoms with Gasteiger partial charge in [0.1, 0.15) is 5.02 Å². The first-order valence-electron chi connectivity index (χ1n) is 6.20. The second-order valence-corrected chi connectivity index (χ2v) is 5.00. The lowest BCUT2D eigenvalue weighted by Gasteiger charge is -1.98. The van der Waals surface area contributed by atoms with Gasteiger partial charge in [-0.2, -0.15) is 0 Å². The fourth-order valence-corrected chi connectivity index (χ4v) is 2.39. The summed E-state index contributed by atoms with van der Waals surface area (Å²) < 4.78 is 24.0. The molecule has 3 nitrogen and oxygen atoms in total. The highest BCUT2D eigenvalue weighted by molar-refractivity contribution is 6.38. The summed E-state index contributed by atoms with van der Waals surface area (Å²) in [7, 11) is 0. The summed E-state index contributed by atoms with van der Waals surface area (Å²) in [5.41, 5.74) is 0.917. The number of halogens is 2. The first-order valence-corrected chi connectivity index (χ1v) is 6.58. The van der Waals surface area contributed by atoms with Crippen LogP contribution in [0.3, 0.4) is 0 Å². The van der Waals surface area contributed by atoms with Crippen LogP contribution >= 0.6 is 11.6 Å². The smallest absolute Gasteiger partial charge is 0.375 e. The van der Waals surface area contributed by atoms with E-state index in [-0.39, 0.29) is 23.0 Å². The monoisotopic (exact) mass is 282 g/mol. The molecular weight excluding hydrogens is 271 g/mol. The van der Waals surface area contributed by atoms with Crippen LogP contribution in [-0.2, 0) is 4.74 Å². The number of hydrogen-bond acceptors (Lipinski definition) is 3. The van der Waals surface area contributed by atoms with E-state index in [1.165, 1.54) is 6.07 Å². The van der Waals surface area contributed by atoms with E-state index in [4.69, 9.17) is 20.8 Å². The van der Waals surface area contributed by atoms with Crippen molar-refractivity contribution < 1.29 is 18.3 Å². The molecule has 0 saturated heterocycles. The van der Waals surface area contributed by atoms with Crippen LogP contribution in [0.15, 0.2) is 16.5 Å². The number of esters is 1. The Morgan fingerprint density at radius 3 is 2.89 bits per heavy atom. The van der Waals surface area contributed by atoms with Crippen LogP contribution < -0.4 is 0 Å². The standard InChI is InChI=1S/C14H12ClFO3/c1-2-18-14(17)13-11(15)9-5-8(7-3-4-7)6-10(16)12(9)19-13/h5-7H,2-4H2,1H3. The zero-order chi connectivity index (χ0) is 13.6. The minimum atomic E-state index is -0.670. The van der Waals surface area contributed by atoms with Gasteiger partial charge in [-0.15, -0.1) is 0 Å². The summed E-state index contributed by atoms with van der Waals surface area (Å²) in [6.07, 6.45) is 2.12. The predicted molar refractivity (Wildman–Crippen MR) is 69.1 cm³/mol. The summed E-state index contributed by atoms with van der Waals surface area (Å²) >= 11 is 6.10. The molecule has 0 bridgehead atoms. The highest BCUT2D eigenvalue weighted by Crippen LogP contribution is 2.43. The van der Waals surface area contributed by atoms with Gasteiger partial charge in [-0.3, -0.25) is 0 Å². The molecule has 1 aliphatic rings. The van der Waals surface area contributed by atoms with Gasteiger partial charge in [0.25, 0.3) is 0 Å². The van der Waals surface area contributed by atoms with Crippen molar-refractivity contribution in [1.82, 2.24) is 0 Å². The third-order valence-corrected chi connectivity index (χ3v) is 3.59. The van der Waals surface area contributed by atoms with E-state index in [2.05, 4.69) is 0 Å². The molecule has 0 unspecified atom stereocenters. The number of ether oxygens (including phenoxy) is 1.